The van der Waals surface area contributed by atoms with Gasteiger partial charge in [0.25, 0.3) is 11.8 Å². The van der Waals surface area contributed by atoms with E-state index >= 15 is 0 Å². The zero-order valence-electron chi connectivity index (χ0n) is 9.13. The van der Waals surface area contributed by atoms with E-state index in [4.69, 9.17) is 23.8 Å². The summed E-state index contributed by atoms with van der Waals surface area (Å²) in [6.07, 6.45) is 0. The van der Waals surface area contributed by atoms with Crippen molar-refractivity contribution < 1.29 is 9.59 Å². The van der Waals surface area contributed by atoms with E-state index in [0.29, 0.717) is 9.88 Å². The number of rotatable bonds is 3. The van der Waals surface area contributed by atoms with Gasteiger partial charge in [-0.3, -0.25) is 15.0 Å². The summed E-state index contributed by atoms with van der Waals surface area (Å²) in [6.45, 7) is 0. The molecule has 1 atom stereocenters. The second-order valence-corrected chi connectivity index (χ2v) is 5.58. The Bertz CT molecular complexity index is 479. The Kier molecular flexibility index (Phi) is 4.21. The van der Waals surface area contributed by atoms with Crippen LogP contribution in [0.25, 0.3) is 0 Å². The van der Waals surface area contributed by atoms with Crippen LogP contribution in [0.2, 0.25) is 0 Å². The number of carbonyl (C=O) groups is 2. The first-order chi connectivity index (χ1) is 8.59. The van der Waals surface area contributed by atoms with Crippen LogP contribution in [-0.2, 0) is 9.59 Å². The molecule has 1 aliphatic rings. The van der Waals surface area contributed by atoms with Crippen LogP contribution in [0.15, 0.2) is 30.3 Å². The molecule has 0 aliphatic carbocycles. The largest absolute Gasteiger partial charge is 0.272 e. The van der Waals surface area contributed by atoms with Gasteiger partial charge in [0.05, 0.1) is 5.75 Å². The number of halogens is 1. The summed E-state index contributed by atoms with van der Waals surface area (Å²) in [4.78, 5) is 23.3. The summed E-state index contributed by atoms with van der Waals surface area (Å²) < 4.78 is 0.338. The molecule has 0 bridgehead atoms. The Hall–Kier alpha value is -1.11. The summed E-state index contributed by atoms with van der Waals surface area (Å²) in [7, 11) is 0. The third kappa shape index (κ3) is 2.82. The summed E-state index contributed by atoms with van der Waals surface area (Å²) in [5.41, 5.74) is 3.10. The van der Waals surface area contributed by atoms with Crippen LogP contribution in [-0.4, -0.2) is 26.9 Å². The minimum atomic E-state index is -0.854. The molecule has 1 fully saturated rings. The first-order valence-corrected chi connectivity index (χ1v) is 6.92. The van der Waals surface area contributed by atoms with Gasteiger partial charge in [-0.05, 0) is 5.56 Å². The van der Waals surface area contributed by atoms with Crippen LogP contribution in [0.1, 0.15) is 10.9 Å². The highest BCUT2D eigenvalue weighted by molar-refractivity contribution is 8.23. The Morgan fingerprint density at radius 2 is 2.11 bits per heavy atom. The first kappa shape index (κ1) is 13.3. The van der Waals surface area contributed by atoms with Crippen molar-refractivity contribution in [2.24, 2.45) is 0 Å². The number of amides is 2. The van der Waals surface area contributed by atoms with E-state index in [1.54, 1.807) is 24.3 Å². The molecular weight excluding hydrogens is 292 g/mol. The zero-order valence-corrected chi connectivity index (χ0v) is 11.5. The molecule has 0 saturated carbocycles. The number of alkyl halides is 1. The number of nitrogens with one attached hydrogen (secondary N) is 1. The highest BCUT2D eigenvalue weighted by atomic mass is 35.5. The normalized spacial score (nSPS) is 16.8. The molecule has 1 N–H and O–H groups in total. The van der Waals surface area contributed by atoms with Crippen molar-refractivity contribution >= 4 is 51.7 Å². The monoisotopic (exact) mass is 300 g/mol. The lowest BCUT2D eigenvalue weighted by Crippen LogP contribution is -2.46. The van der Waals surface area contributed by atoms with Crippen molar-refractivity contribution in [1.82, 2.24) is 10.4 Å². The molecule has 4 nitrogen and oxygen atoms in total. The minimum absolute atomic E-state index is 0.240. The van der Waals surface area contributed by atoms with E-state index in [0.717, 1.165) is 5.01 Å². The van der Waals surface area contributed by atoms with Crippen molar-refractivity contribution in [3.63, 3.8) is 0 Å². The molecule has 0 aromatic heterocycles. The summed E-state index contributed by atoms with van der Waals surface area (Å²) in [6, 6.07) is 8.91. The molecule has 2 amide bonds. The number of benzene rings is 1. The average molecular weight is 301 g/mol. The second-order valence-electron chi connectivity index (χ2n) is 3.53. The van der Waals surface area contributed by atoms with Crippen LogP contribution in [0, 0.1) is 0 Å². The standard InChI is InChI=1S/C11H9ClN2O2S2/c12-9(7-4-2-1-3-5-7)10(16)13-14-8(15)6-18-11(14)17/h1-5,9H,6H2,(H,13,16). The maximum atomic E-state index is 11.9. The van der Waals surface area contributed by atoms with E-state index in [1.165, 1.54) is 11.8 Å². The lowest BCUT2D eigenvalue weighted by molar-refractivity contribution is -0.134. The van der Waals surface area contributed by atoms with Crippen LogP contribution in [0.4, 0.5) is 0 Å². The average Bonchev–Trinajstić information content (AvgIpc) is 2.70. The van der Waals surface area contributed by atoms with E-state index < -0.39 is 11.3 Å². The second kappa shape index (κ2) is 5.69. The fourth-order valence-electron chi connectivity index (χ4n) is 1.40. The molecule has 0 radical (unpaired) electrons. The molecule has 7 heteroatoms. The van der Waals surface area contributed by atoms with Gasteiger partial charge in [-0.15, -0.1) is 11.6 Å². The van der Waals surface area contributed by atoms with Gasteiger partial charge in [0.2, 0.25) is 0 Å². The fourth-order valence-corrected chi connectivity index (χ4v) is 2.57. The zero-order chi connectivity index (χ0) is 13.1. The highest BCUT2D eigenvalue weighted by Crippen LogP contribution is 2.22. The molecule has 1 heterocycles. The first-order valence-electron chi connectivity index (χ1n) is 5.09. The predicted octanol–water partition coefficient (Wildman–Crippen LogP) is 1.86. The molecule has 1 aromatic rings. The Labute approximate surface area is 119 Å². The van der Waals surface area contributed by atoms with E-state index in [1.807, 2.05) is 6.07 Å². The molecular formula is C11H9ClN2O2S2. The van der Waals surface area contributed by atoms with Gasteiger partial charge in [-0.25, -0.2) is 5.01 Å². The minimum Gasteiger partial charge on any atom is -0.272 e. The maximum Gasteiger partial charge on any atom is 0.261 e. The summed E-state index contributed by atoms with van der Waals surface area (Å²) >= 11 is 12.2. The molecule has 18 heavy (non-hydrogen) atoms. The lowest BCUT2D eigenvalue weighted by Gasteiger charge is -2.18. The predicted molar refractivity (Wildman–Crippen MR) is 75.1 cm³/mol. The number of thiocarbonyl (C=S) groups is 1. The third-order valence-corrected chi connectivity index (χ3v) is 4.10. The van der Waals surface area contributed by atoms with Gasteiger partial charge in [0, 0.05) is 0 Å². The van der Waals surface area contributed by atoms with Crippen LogP contribution in [0.5, 0.6) is 0 Å². The summed E-state index contributed by atoms with van der Waals surface area (Å²) in [5, 5.41) is 0.216. The highest BCUT2D eigenvalue weighted by Gasteiger charge is 2.30. The topological polar surface area (TPSA) is 49.4 Å². The van der Waals surface area contributed by atoms with E-state index in [2.05, 4.69) is 5.43 Å². The number of thioether (sulfide) groups is 1. The summed E-state index contributed by atoms with van der Waals surface area (Å²) in [5.74, 6) is -0.464. The van der Waals surface area contributed by atoms with Gasteiger partial charge >= 0.3 is 0 Å². The van der Waals surface area contributed by atoms with Crippen molar-refractivity contribution in [2.45, 2.75) is 5.38 Å². The smallest absolute Gasteiger partial charge is 0.261 e. The number of hydrogen-bond acceptors (Lipinski definition) is 4. The number of hydrazine groups is 1. The maximum absolute atomic E-state index is 11.9. The number of hydrogen-bond donors (Lipinski definition) is 1. The van der Waals surface area contributed by atoms with Gasteiger partial charge in [-0.1, -0.05) is 54.3 Å². The molecule has 2 rings (SSSR count). The molecule has 1 saturated heterocycles. The van der Waals surface area contributed by atoms with Gasteiger partial charge in [0.15, 0.2) is 4.32 Å². The van der Waals surface area contributed by atoms with Gasteiger partial charge in [0.1, 0.15) is 5.38 Å². The van der Waals surface area contributed by atoms with Crippen LogP contribution in [0.3, 0.4) is 0 Å². The quantitative estimate of drug-likeness (QED) is 0.684. The number of nitrogens with zero attached hydrogens (tertiary/aromatic N) is 1. The van der Waals surface area contributed by atoms with Crippen molar-refractivity contribution in [2.75, 3.05) is 5.75 Å². The fraction of sp³-hybridized carbons (Fsp3) is 0.182. The van der Waals surface area contributed by atoms with E-state index in [9.17, 15) is 9.59 Å². The SMILES string of the molecule is O=C(NN1C(=O)CSC1=S)C(Cl)c1ccccc1. The molecule has 94 valence electrons. The molecule has 1 aromatic carbocycles. The van der Waals surface area contributed by atoms with Crippen LogP contribution >= 0.6 is 35.6 Å². The molecule has 1 aliphatic heterocycles. The molecule has 0 spiro atoms. The molecule has 1 unspecified atom stereocenters. The van der Waals surface area contributed by atoms with Crippen molar-refractivity contribution in [1.29, 1.82) is 0 Å². The van der Waals surface area contributed by atoms with Crippen molar-refractivity contribution in [3.05, 3.63) is 35.9 Å². The van der Waals surface area contributed by atoms with Gasteiger partial charge in [-0.2, -0.15) is 0 Å². The van der Waals surface area contributed by atoms with Crippen LogP contribution < -0.4 is 5.43 Å². The Balaban J connectivity index is 2.04. The van der Waals surface area contributed by atoms with E-state index in [-0.39, 0.29) is 11.7 Å². The van der Waals surface area contributed by atoms with Gasteiger partial charge < -0.3 is 0 Å². The number of carbonyl (C=O) groups excluding carboxylic acids is 2. The Morgan fingerprint density at radius 3 is 2.67 bits per heavy atom. The lowest BCUT2D eigenvalue weighted by atomic mass is 10.1. The van der Waals surface area contributed by atoms with Crippen molar-refractivity contribution in [3.8, 4) is 0 Å². The third-order valence-electron chi connectivity index (χ3n) is 2.30. The Morgan fingerprint density at radius 1 is 1.44 bits per heavy atom.